The molecule has 0 spiro atoms. The van der Waals surface area contributed by atoms with E-state index in [0.29, 0.717) is 6.04 Å². The first kappa shape index (κ1) is 20.2. The van der Waals surface area contributed by atoms with Gasteiger partial charge >= 0.3 is 27.0 Å². The minimum absolute atomic E-state index is 0.479. The standard InChI is InChI=1S/C12H18N.C6H6.ClH.Ru/c1-5-11-8-6-7-9-12(11)10(2)13(3)4;1-2-4-6-5-3-1;;/h5-10H,1-4H3;1-6H;1H;/q-1;;;+2/p-1/t10-;;;/m1.../s1. The number of hydrogen-bond acceptors (Lipinski definition) is 1. The molecule has 0 aliphatic rings. The van der Waals surface area contributed by atoms with Gasteiger partial charge in [-0.25, -0.2) is 0 Å². The van der Waals surface area contributed by atoms with E-state index in [1.54, 1.807) is 0 Å². The minimum Gasteiger partial charge on any atom is -0.0623 e. The van der Waals surface area contributed by atoms with E-state index in [2.05, 4.69) is 73.2 Å². The first-order valence-electron chi connectivity index (χ1n) is 6.85. The number of nitrogens with zero attached hydrogens (tertiary/aromatic N) is 1. The van der Waals surface area contributed by atoms with Crippen molar-refractivity contribution in [1.82, 2.24) is 4.90 Å². The Morgan fingerprint density at radius 2 is 1.33 bits per heavy atom. The zero-order valence-electron chi connectivity index (χ0n) is 13.1. The Bertz CT molecular complexity index is 433. The molecule has 0 saturated heterocycles. The van der Waals surface area contributed by atoms with Gasteiger partial charge in [0.25, 0.3) is 0 Å². The summed E-state index contributed by atoms with van der Waals surface area (Å²) in [4.78, 5) is 2.22. The Morgan fingerprint density at radius 3 is 1.71 bits per heavy atom. The van der Waals surface area contributed by atoms with Crippen LogP contribution in [0.15, 0.2) is 60.7 Å². The molecule has 0 aromatic heterocycles. The summed E-state index contributed by atoms with van der Waals surface area (Å²) in [5.74, 6) is 0. The van der Waals surface area contributed by atoms with Crippen LogP contribution in [0.2, 0.25) is 0 Å². The first-order chi connectivity index (χ1) is 10.2. The molecule has 0 N–H and O–H groups in total. The number of halogens is 1. The van der Waals surface area contributed by atoms with Crippen LogP contribution >= 0.6 is 9.69 Å². The zero-order valence-corrected chi connectivity index (χ0v) is 15.6. The summed E-state index contributed by atoms with van der Waals surface area (Å²) in [5, 5.41) is 0. The molecule has 0 unspecified atom stereocenters. The monoisotopic (exact) mass is 391 g/mol. The molecule has 0 bridgehead atoms. The van der Waals surface area contributed by atoms with E-state index >= 15 is 0 Å². The van der Waals surface area contributed by atoms with Crippen molar-refractivity contribution >= 4 is 9.69 Å². The summed E-state index contributed by atoms with van der Waals surface area (Å²) >= 11 is 1.82. The van der Waals surface area contributed by atoms with E-state index in [4.69, 9.17) is 0 Å². The Morgan fingerprint density at radius 1 is 0.905 bits per heavy atom. The SMILES string of the molecule is C[CH-]c1ccccc1[C@@H](C)N(C)C.[Cl][Ru+].c1ccccc1. The first-order valence-corrected chi connectivity index (χ1v) is 9.08. The third kappa shape index (κ3) is 8.26. The van der Waals surface area contributed by atoms with Crippen molar-refractivity contribution in [2.24, 2.45) is 0 Å². The van der Waals surface area contributed by atoms with Crippen molar-refractivity contribution in [3.8, 4) is 0 Å². The second-order valence-corrected chi connectivity index (χ2v) is 4.71. The van der Waals surface area contributed by atoms with Gasteiger partial charge in [-0.3, -0.25) is 0 Å². The van der Waals surface area contributed by atoms with E-state index in [9.17, 15) is 0 Å². The van der Waals surface area contributed by atoms with Crippen LogP contribution in [0.4, 0.5) is 0 Å². The average molecular weight is 391 g/mol. The van der Waals surface area contributed by atoms with Gasteiger partial charge in [0.15, 0.2) is 0 Å². The molecule has 2 rings (SSSR count). The average Bonchev–Trinajstić information content (AvgIpc) is 2.58. The Hall–Kier alpha value is -0.817. The van der Waals surface area contributed by atoms with Crippen molar-refractivity contribution in [2.75, 3.05) is 14.1 Å². The molecule has 1 nitrogen and oxygen atoms in total. The maximum absolute atomic E-state index is 4.57. The predicted octanol–water partition coefficient (Wildman–Crippen LogP) is 5.26. The predicted molar refractivity (Wildman–Crippen MR) is 89.9 cm³/mol. The fourth-order valence-electron chi connectivity index (χ4n) is 1.82. The zero-order chi connectivity index (χ0) is 16.1. The molecule has 2 aromatic rings. The van der Waals surface area contributed by atoms with Crippen LogP contribution in [0.3, 0.4) is 0 Å². The number of rotatable bonds is 3. The van der Waals surface area contributed by atoms with Crippen molar-refractivity contribution in [3.05, 3.63) is 78.2 Å². The molecule has 0 amide bonds. The van der Waals surface area contributed by atoms with Crippen molar-refractivity contribution in [2.45, 2.75) is 19.9 Å². The van der Waals surface area contributed by atoms with Gasteiger partial charge in [0.05, 0.1) is 0 Å². The third-order valence-electron chi connectivity index (χ3n) is 3.20. The van der Waals surface area contributed by atoms with Crippen LogP contribution in [0, 0.1) is 6.42 Å². The van der Waals surface area contributed by atoms with Gasteiger partial charge in [0, 0.05) is 0 Å². The van der Waals surface area contributed by atoms with Crippen LogP contribution in [0.25, 0.3) is 0 Å². The van der Waals surface area contributed by atoms with Gasteiger partial charge in [-0.2, -0.15) is 18.1 Å². The van der Waals surface area contributed by atoms with E-state index in [1.807, 2.05) is 53.7 Å². The molecule has 3 heteroatoms. The fraction of sp³-hybridized carbons (Fsp3) is 0.278. The fourth-order valence-corrected chi connectivity index (χ4v) is 1.82. The molecule has 0 radical (unpaired) electrons. The third-order valence-corrected chi connectivity index (χ3v) is 3.20. The quantitative estimate of drug-likeness (QED) is 0.510. The van der Waals surface area contributed by atoms with Crippen LogP contribution in [-0.2, 0) is 17.3 Å². The van der Waals surface area contributed by atoms with E-state index < -0.39 is 0 Å². The van der Waals surface area contributed by atoms with Crippen LogP contribution in [0.1, 0.15) is 31.0 Å². The van der Waals surface area contributed by atoms with Gasteiger partial charge < -0.3 is 4.90 Å². The summed E-state index contributed by atoms with van der Waals surface area (Å²) < 4.78 is 0. The van der Waals surface area contributed by atoms with Crippen LogP contribution in [-0.4, -0.2) is 19.0 Å². The Labute approximate surface area is 144 Å². The van der Waals surface area contributed by atoms with Crippen molar-refractivity contribution in [1.29, 1.82) is 0 Å². The molecular weight excluding hydrogens is 367 g/mol. The minimum atomic E-state index is 0.479. The second-order valence-electron chi connectivity index (χ2n) is 4.71. The molecular formula is C18H24ClNRu. The van der Waals surface area contributed by atoms with Gasteiger partial charge in [-0.15, -0.1) is 17.7 Å². The molecule has 0 saturated carbocycles. The summed E-state index contributed by atoms with van der Waals surface area (Å²) in [5.41, 5.74) is 2.73. The van der Waals surface area contributed by atoms with E-state index in [-0.39, 0.29) is 0 Å². The molecule has 0 aliphatic heterocycles. The maximum atomic E-state index is 4.57. The number of hydrogen-bond donors (Lipinski definition) is 0. The summed E-state index contributed by atoms with van der Waals surface area (Å²) in [6.07, 6.45) is 2.16. The van der Waals surface area contributed by atoms with Gasteiger partial charge in [0.2, 0.25) is 0 Å². The molecule has 0 aliphatic carbocycles. The van der Waals surface area contributed by atoms with E-state index in [1.165, 1.54) is 11.1 Å². The molecule has 0 fully saturated rings. The molecule has 1 atom stereocenters. The molecule has 116 valence electrons. The van der Waals surface area contributed by atoms with E-state index in [0.717, 1.165) is 0 Å². The second kappa shape index (κ2) is 12.9. The van der Waals surface area contributed by atoms with Crippen molar-refractivity contribution < 1.29 is 17.3 Å². The van der Waals surface area contributed by atoms with Crippen LogP contribution < -0.4 is 0 Å². The topological polar surface area (TPSA) is 3.24 Å². The Balaban J connectivity index is 0.000000416. The number of benzene rings is 2. The summed E-state index contributed by atoms with van der Waals surface area (Å²) in [6.45, 7) is 4.31. The molecule has 2 aromatic carbocycles. The normalized spacial score (nSPS) is 10.6. The van der Waals surface area contributed by atoms with Gasteiger partial charge in [0.1, 0.15) is 0 Å². The van der Waals surface area contributed by atoms with Crippen molar-refractivity contribution in [3.63, 3.8) is 0 Å². The molecule has 0 heterocycles. The van der Waals surface area contributed by atoms with Gasteiger partial charge in [-0.05, 0) is 20.1 Å². The Kier molecular flexibility index (Phi) is 12.4. The summed E-state index contributed by atoms with van der Waals surface area (Å²) in [7, 11) is 8.79. The smallest absolute Gasteiger partial charge is 0.0623 e. The molecule has 21 heavy (non-hydrogen) atoms. The largest absolute Gasteiger partial charge is 0.0623 e. The van der Waals surface area contributed by atoms with Gasteiger partial charge in [-0.1, -0.05) is 56.3 Å². The summed E-state index contributed by atoms with van der Waals surface area (Å²) in [6, 6.07) is 21.0. The van der Waals surface area contributed by atoms with Crippen LogP contribution in [0.5, 0.6) is 0 Å². The maximum Gasteiger partial charge on any atom is -0.0623 e.